The lowest BCUT2D eigenvalue weighted by atomic mass is 10.1. The van der Waals surface area contributed by atoms with Gasteiger partial charge in [-0.3, -0.25) is 4.79 Å². The zero-order valence-corrected chi connectivity index (χ0v) is 7.64. The van der Waals surface area contributed by atoms with Gasteiger partial charge in [0.1, 0.15) is 0 Å². The van der Waals surface area contributed by atoms with Crippen LogP contribution in [0.5, 0.6) is 0 Å². The number of carbonyl (C=O) groups excluding carboxylic acids is 1. The van der Waals surface area contributed by atoms with Crippen LogP contribution in [0, 0.1) is 11.8 Å². The molecule has 13 heavy (non-hydrogen) atoms. The van der Waals surface area contributed by atoms with Gasteiger partial charge in [-0.25, -0.2) is 0 Å². The van der Waals surface area contributed by atoms with Crippen molar-refractivity contribution < 1.29 is 4.79 Å². The average Bonchev–Trinajstić information content (AvgIpc) is 2.16. The fraction of sp³-hybridized carbons (Fsp3) is 0.100. The number of nitrogens with two attached hydrogens (primary N) is 1. The molecule has 2 nitrogen and oxygen atoms in total. The van der Waals surface area contributed by atoms with E-state index in [1.54, 1.807) is 18.2 Å². The molecule has 0 aromatic heterocycles. The third-order valence-corrected chi connectivity index (χ3v) is 1.70. The Morgan fingerprint density at radius 1 is 1.54 bits per heavy atom. The summed E-state index contributed by atoms with van der Waals surface area (Å²) in [7, 11) is 0. The van der Waals surface area contributed by atoms with Gasteiger partial charge in [-0.1, -0.05) is 23.4 Å². The van der Waals surface area contributed by atoms with E-state index in [2.05, 4.69) is 11.8 Å². The maximum Gasteiger partial charge on any atom is 0.151 e. The summed E-state index contributed by atoms with van der Waals surface area (Å²) in [5.41, 5.74) is 6.36. The second kappa shape index (κ2) is 4.66. The number of halogens is 1. The van der Waals surface area contributed by atoms with Crippen molar-refractivity contribution in [1.82, 2.24) is 0 Å². The topological polar surface area (TPSA) is 43.1 Å². The van der Waals surface area contributed by atoms with Crippen molar-refractivity contribution >= 4 is 17.9 Å². The van der Waals surface area contributed by atoms with Gasteiger partial charge in [-0.15, -0.1) is 0 Å². The highest BCUT2D eigenvalue weighted by molar-refractivity contribution is 6.30. The molecule has 66 valence electrons. The number of benzene rings is 1. The molecule has 0 saturated heterocycles. The van der Waals surface area contributed by atoms with Crippen LogP contribution in [0.25, 0.3) is 0 Å². The number of hydrogen-bond acceptors (Lipinski definition) is 2. The van der Waals surface area contributed by atoms with Crippen LogP contribution in [0.4, 0.5) is 0 Å². The summed E-state index contributed by atoms with van der Waals surface area (Å²) in [6.07, 6.45) is 0.729. The Balaban J connectivity index is 3.13. The predicted molar refractivity (Wildman–Crippen MR) is 52.8 cm³/mol. The van der Waals surface area contributed by atoms with Crippen molar-refractivity contribution in [3.63, 3.8) is 0 Å². The smallest absolute Gasteiger partial charge is 0.151 e. The fourth-order valence-corrected chi connectivity index (χ4v) is 1.07. The van der Waals surface area contributed by atoms with Crippen LogP contribution in [-0.2, 0) is 0 Å². The molecule has 0 heterocycles. The number of rotatable bonds is 1. The molecule has 0 aliphatic rings. The number of aldehydes is 1. The van der Waals surface area contributed by atoms with Crippen molar-refractivity contribution in [2.75, 3.05) is 6.54 Å². The summed E-state index contributed by atoms with van der Waals surface area (Å²) < 4.78 is 0. The lowest BCUT2D eigenvalue weighted by Crippen LogP contribution is -1.94. The quantitative estimate of drug-likeness (QED) is 0.542. The lowest BCUT2D eigenvalue weighted by molar-refractivity contribution is 0.112. The molecule has 0 radical (unpaired) electrons. The van der Waals surface area contributed by atoms with E-state index in [4.69, 9.17) is 17.3 Å². The number of hydrogen-bond donors (Lipinski definition) is 1. The SMILES string of the molecule is NCC#Cc1ccc(Cl)cc1C=O. The van der Waals surface area contributed by atoms with E-state index in [0.717, 1.165) is 6.29 Å². The molecule has 0 spiro atoms. The van der Waals surface area contributed by atoms with Gasteiger partial charge in [-0.05, 0) is 18.2 Å². The summed E-state index contributed by atoms with van der Waals surface area (Å²) >= 11 is 5.70. The minimum Gasteiger partial charge on any atom is -0.320 e. The molecular weight excluding hydrogens is 186 g/mol. The van der Waals surface area contributed by atoms with Gasteiger partial charge >= 0.3 is 0 Å². The normalized spacial score (nSPS) is 8.77. The third kappa shape index (κ3) is 2.59. The van der Waals surface area contributed by atoms with Crippen LogP contribution in [0.15, 0.2) is 18.2 Å². The minimum atomic E-state index is 0.279. The van der Waals surface area contributed by atoms with Crippen molar-refractivity contribution in [2.24, 2.45) is 5.73 Å². The van der Waals surface area contributed by atoms with Gasteiger partial charge in [0.15, 0.2) is 6.29 Å². The van der Waals surface area contributed by atoms with Gasteiger partial charge in [0, 0.05) is 16.1 Å². The second-order valence-electron chi connectivity index (χ2n) is 2.36. The predicted octanol–water partition coefficient (Wildman–Crippen LogP) is 1.46. The number of carbonyl (C=O) groups is 1. The molecule has 3 heteroatoms. The molecule has 0 aliphatic carbocycles. The van der Waals surface area contributed by atoms with Crippen LogP contribution >= 0.6 is 11.6 Å². The maximum absolute atomic E-state index is 10.6. The first-order chi connectivity index (χ1) is 6.27. The van der Waals surface area contributed by atoms with E-state index >= 15 is 0 Å². The highest BCUT2D eigenvalue weighted by Crippen LogP contribution is 2.13. The zero-order chi connectivity index (χ0) is 9.68. The molecule has 0 amide bonds. The van der Waals surface area contributed by atoms with Gasteiger partial charge in [0.05, 0.1) is 6.54 Å². The van der Waals surface area contributed by atoms with Crippen molar-refractivity contribution in [1.29, 1.82) is 0 Å². The molecule has 0 atom stereocenters. The highest BCUT2D eigenvalue weighted by Gasteiger charge is 1.98. The Kier molecular flexibility index (Phi) is 3.51. The van der Waals surface area contributed by atoms with Gasteiger partial charge in [-0.2, -0.15) is 0 Å². The Hall–Kier alpha value is -1.30. The van der Waals surface area contributed by atoms with E-state index in [9.17, 15) is 4.79 Å². The summed E-state index contributed by atoms with van der Waals surface area (Å²) in [6.45, 7) is 0.279. The van der Waals surface area contributed by atoms with Crippen molar-refractivity contribution in [3.05, 3.63) is 34.3 Å². The first-order valence-corrected chi connectivity index (χ1v) is 4.09. The minimum absolute atomic E-state index is 0.279. The van der Waals surface area contributed by atoms with Crippen LogP contribution in [0.3, 0.4) is 0 Å². The largest absolute Gasteiger partial charge is 0.320 e. The lowest BCUT2D eigenvalue weighted by Gasteiger charge is -1.96. The molecule has 1 aromatic rings. The summed E-state index contributed by atoms with van der Waals surface area (Å²) in [5.74, 6) is 5.46. The average molecular weight is 194 g/mol. The van der Waals surface area contributed by atoms with Crippen molar-refractivity contribution in [3.8, 4) is 11.8 Å². The second-order valence-corrected chi connectivity index (χ2v) is 2.79. The Morgan fingerprint density at radius 3 is 2.92 bits per heavy atom. The summed E-state index contributed by atoms with van der Waals surface area (Å²) in [5, 5.41) is 0.528. The maximum atomic E-state index is 10.6. The fourth-order valence-electron chi connectivity index (χ4n) is 0.891. The van der Waals surface area contributed by atoms with Crippen LogP contribution in [0.2, 0.25) is 5.02 Å². The molecule has 0 saturated carbocycles. The van der Waals surface area contributed by atoms with Crippen LogP contribution in [0.1, 0.15) is 15.9 Å². The molecule has 0 fully saturated rings. The van der Waals surface area contributed by atoms with Gasteiger partial charge in [0.25, 0.3) is 0 Å². The molecule has 0 unspecified atom stereocenters. The van der Waals surface area contributed by atoms with Crippen LogP contribution < -0.4 is 5.73 Å². The first kappa shape index (κ1) is 9.79. The molecule has 1 aromatic carbocycles. The molecular formula is C10H8ClNO. The standard InChI is InChI=1S/C10H8ClNO/c11-10-4-3-8(2-1-5-12)9(6-10)7-13/h3-4,6-7H,5,12H2. The van der Waals surface area contributed by atoms with E-state index in [1.807, 2.05) is 0 Å². The van der Waals surface area contributed by atoms with E-state index in [1.165, 1.54) is 0 Å². The molecule has 2 N–H and O–H groups in total. The first-order valence-electron chi connectivity index (χ1n) is 3.71. The van der Waals surface area contributed by atoms with E-state index in [0.29, 0.717) is 16.1 Å². The molecule has 0 bridgehead atoms. The van der Waals surface area contributed by atoms with Crippen molar-refractivity contribution in [2.45, 2.75) is 0 Å². The Bertz CT molecular complexity index is 376. The van der Waals surface area contributed by atoms with E-state index in [-0.39, 0.29) is 6.54 Å². The molecule has 0 aliphatic heterocycles. The molecule has 1 rings (SSSR count). The van der Waals surface area contributed by atoms with Gasteiger partial charge < -0.3 is 5.73 Å². The van der Waals surface area contributed by atoms with E-state index < -0.39 is 0 Å². The zero-order valence-electron chi connectivity index (χ0n) is 6.88. The summed E-state index contributed by atoms with van der Waals surface area (Å²) in [4.78, 5) is 10.6. The summed E-state index contributed by atoms with van der Waals surface area (Å²) in [6, 6.07) is 4.97. The highest BCUT2D eigenvalue weighted by atomic mass is 35.5. The Morgan fingerprint density at radius 2 is 2.31 bits per heavy atom. The Labute approximate surface area is 81.7 Å². The van der Waals surface area contributed by atoms with Crippen LogP contribution in [-0.4, -0.2) is 12.8 Å². The van der Waals surface area contributed by atoms with Gasteiger partial charge in [0.2, 0.25) is 0 Å². The third-order valence-electron chi connectivity index (χ3n) is 1.47. The monoisotopic (exact) mass is 193 g/mol.